The summed E-state index contributed by atoms with van der Waals surface area (Å²) in [6.07, 6.45) is 25.6. The fourth-order valence-corrected chi connectivity index (χ4v) is 6.57. The smallest absolute Gasteiger partial charge is 0.122 e. The molecule has 0 spiro atoms. The molecule has 0 radical (unpaired) electrons. The van der Waals surface area contributed by atoms with Gasteiger partial charge in [-0.15, -0.1) is 0 Å². The average Bonchev–Trinajstić information content (AvgIpc) is 2.84. The third-order valence-corrected chi connectivity index (χ3v) is 8.87. The maximum Gasteiger partial charge on any atom is 0.122 e. The van der Waals surface area contributed by atoms with Crippen molar-refractivity contribution >= 4 is 0 Å². The monoisotopic (exact) mass is 454 g/mol. The number of ether oxygens (including phenoxy) is 1. The maximum absolute atomic E-state index is 6.35. The normalized spacial score (nSPS) is 25.8. The predicted octanol–water partition coefficient (Wildman–Crippen LogP) is 10.4. The molecule has 33 heavy (non-hydrogen) atoms. The maximum atomic E-state index is 6.35. The Hall–Kier alpha value is -0.980. The summed E-state index contributed by atoms with van der Waals surface area (Å²) >= 11 is 0. The Morgan fingerprint density at radius 3 is 1.94 bits per heavy atom. The summed E-state index contributed by atoms with van der Waals surface area (Å²) in [5.74, 6) is 4.65. The lowest BCUT2D eigenvalue weighted by atomic mass is 9.77. The molecular weight excluding hydrogens is 400 g/mol. The van der Waals surface area contributed by atoms with Crippen molar-refractivity contribution < 1.29 is 4.74 Å². The van der Waals surface area contributed by atoms with Gasteiger partial charge in [-0.3, -0.25) is 0 Å². The van der Waals surface area contributed by atoms with Crippen LogP contribution in [-0.2, 0) is 0 Å². The molecule has 3 rings (SSSR count). The highest BCUT2D eigenvalue weighted by Gasteiger charge is 2.23. The standard InChI is InChI=1S/C32H54O/c1-4-6-7-8-9-10-11-13-28-14-16-29(17-15-28)25-33-32-23-22-31(24-26(32)3)30-20-18-27(12-5-2)19-21-30/h22-24,27-30H,4-21,25H2,1-3H3/t27-,28-,29-,30-. The molecule has 0 unspecified atom stereocenters. The van der Waals surface area contributed by atoms with Gasteiger partial charge in [0.25, 0.3) is 0 Å². The first kappa shape index (κ1) is 26.6. The van der Waals surface area contributed by atoms with Crippen molar-refractivity contribution in [3.63, 3.8) is 0 Å². The number of benzene rings is 1. The first-order valence-electron chi connectivity index (χ1n) is 14.9. The van der Waals surface area contributed by atoms with Crippen molar-refractivity contribution in [3.8, 4) is 5.75 Å². The summed E-state index contributed by atoms with van der Waals surface area (Å²) in [4.78, 5) is 0. The van der Waals surface area contributed by atoms with E-state index in [0.717, 1.165) is 36.0 Å². The van der Waals surface area contributed by atoms with Gasteiger partial charge in [0.15, 0.2) is 0 Å². The van der Waals surface area contributed by atoms with Crippen LogP contribution in [0.1, 0.15) is 146 Å². The van der Waals surface area contributed by atoms with Crippen LogP contribution in [0.4, 0.5) is 0 Å². The predicted molar refractivity (Wildman–Crippen MR) is 144 cm³/mol. The van der Waals surface area contributed by atoms with Gasteiger partial charge in [-0.05, 0) is 86.3 Å². The summed E-state index contributed by atoms with van der Waals surface area (Å²) < 4.78 is 6.35. The van der Waals surface area contributed by atoms with Crippen LogP contribution in [-0.4, -0.2) is 6.61 Å². The van der Waals surface area contributed by atoms with Crippen LogP contribution in [0.15, 0.2) is 18.2 Å². The zero-order valence-electron chi connectivity index (χ0n) is 22.4. The van der Waals surface area contributed by atoms with E-state index in [-0.39, 0.29) is 0 Å². The van der Waals surface area contributed by atoms with Crippen molar-refractivity contribution in [1.29, 1.82) is 0 Å². The number of rotatable bonds is 14. The highest BCUT2D eigenvalue weighted by molar-refractivity contribution is 5.37. The largest absolute Gasteiger partial charge is 0.493 e. The average molecular weight is 455 g/mol. The van der Waals surface area contributed by atoms with E-state index in [4.69, 9.17) is 4.74 Å². The molecule has 2 aliphatic carbocycles. The number of unbranched alkanes of at least 4 members (excludes halogenated alkanes) is 6. The Morgan fingerprint density at radius 2 is 1.27 bits per heavy atom. The van der Waals surface area contributed by atoms with Gasteiger partial charge in [-0.2, -0.15) is 0 Å². The molecule has 0 aromatic heterocycles. The van der Waals surface area contributed by atoms with Gasteiger partial charge in [0.05, 0.1) is 6.61 Å². The van der Waals surface area contributed by atoms with E-state index in [1.165, 1.54) is 121 Å². The third kappa shape index (κ3) is 9.29. The Bertz CT molecular complexity index is 634. The topological polar surface area (TPSA) is 9.23 Å². The Morgan fingerprint density at radius 1 is 0.667 bits per heavy atom. The number of hydrogen-bond acceptors (Lipinski definition) is 1. The molecular formula is C32H54O. The van der Waals surface area contributed by atoms with E-state index in [1.54, 1.807) is 5.56 Å². The molecule has 0 heterocycles. The second-order valence-electron chi connectivity index (χ2n) is 11.6. The molecule has 2 fully saturated rings. The first-order chi connectivity index (χ1) is 16.2. The van der Waals surface area contributed by atoms with Crippen LogP contribution in [0.3, 0.4) is 0 Å². The van der Waals surface area contributed by atoms with Crippen LogP contribution in [0.2, 0.25) is 0 Å². The molecule has 0 atom stereocenters. The van der Waals surface area contributed by atoms with Crippen molar-refractivity contribution in [3.05, 3.63) is 29.3 Å². The van der Waals surface area contributed by atoms with E-state index >= 15 is 0 Å². The summed E-state index contributed by atoms with van der Waals surface area (Å²) in [6.45, 7) is 7.81. The quantitative estimate of drug-likeness (QED) is 0.254. The molecule has 1 aromatic carbocycles. The zero-order valence-corrected chi connectivity index (χ0v) is 22.4. The Labute approximate surface area is 206 Å². The van der Waals surface area contributed by atoms with Gasteiger partial charge in [0.1, 0.15) is 5.75 Å². The van der Waals surface area contributed by atoms with Crippen LogP contribution in [0, 0.1) is 24.7 Å². The van der Waals surface area contributed by atoms with Gasteiger partial charge >= 0.3 is 0 Å². The molecule has 0 aliphatic heterocycles. The number of hydrogen-bond donors (Lipinski definition) is 0. The molecule has 188 valence electrons. The van der Waals surface area contributed by atoms with Crippen molar-refractivity contribution in [2.24, 2.45) is 17.8 Å². The second-order valence-corrected chi connectivity index (χ2v) is 11.6. The van der Waals surface area contributed by atoms with E-state index in [2.05, 4.69) is 39.0 Å². The summed E-state index contributed by atoms with van der Waals surface area (Å²) in [7, 11) is 0. The molecule has 2 aliphatic rings. The first-order valence-corrected chi connectivity index (χ1v) is 14.9. The minimum atomic E-state index is 0.767. The fourth-order valence-electron chi connectivity index (χ4n) is 6.57. The minimum absolute atomic E-state index is 0.767. The molecule has 2 saturated carbocycles. The van der Waals surface area contributed by atoms with E-state index < -0.39 is 0 Å². The van der Waals surface area contributed by atoms with Crippen molar-refractivity contribution in [2.45, 2.75) is 142 Å². The van der Waals surface area contributed by atoms with Gasteiger partial charge in [0, 0.05) is 0 Å². The molecule has 0 bridgehead atoms. The Kier molecular flexibility index (Phi) is 12.2. The molecule has 1 aromatic rings. The number of aryl methyl sites for hydroxylation is 1. The molecule has 1 heteroatoms. The third-order valence-electron chi connectivity index (χ3n) is 8.87. The van der Waals surface area contributed by atoms with E-state index in [9.17, 15) is 0 Å². The van der Waals surface area contributed by atoms with Gasteiger partial charge in [-0.1, -0.05) is 103 Å². The molecule has 0 saturated heterocycles. The molecule has 0 amide bonds. The zero-order chi connectivity index (χ0) is 23.3. The lowest BCUT2D eigenvalue weighted by molar-refractivity contribution is 0.177. The van der Waals surface area contributed by atoms with Gasteiger partial charge in [-0.25, -0.2) is 0 Å². The van der Waals surface area contributed by atoms with Crippen LogP contribution < -0.4 is 4.74 Å². The Balaban J connectivity index is 1.31. The van der Waals surface area contributed by atoms with Gasteiger partial charge < -0.3 is 4.74 Å². The lowest BCUT2D eigenvalue weighted by Gasteiger charge is -2.30. The van der Waals surface area contributed by atoms with Crippen LogP contribution in [0.25, 0.3) is 0 Å². The van der Waals surface area contributed by atoms with Crippen LogP contribution >= 0.6 is 0 Å². The van der Waals surface area contributed by atoms with E-state index in [0.29, 0.717) is 0 Å². The molecule has 1 nitrogen and oxygen atoms in total. The van der Waals surface area contributed by atoms with Gasteiger partial charge in [0.2, 0.25) is 0 Å². The second kappa shape index (κ2) is 15.1. The van der Waals surface area contributed by atoms with Crippen LogP contribution in [0.5, 0.6) is 5.75 Å². The highest BCUT2D eigenvalue weighted by Crippen LogP contribution is 2.39. The summed E-state index contributed by atoms with van der Waals surface area (Å²) in [5, 5.41) is 0. The van der Waals surface area contributed by atoms with E-state index in [1.807, 2.05) is 0 Å². The van der Waals surface area contributed by atoms with Crippen molar-refractivity contribution in [2.75, 3.05) is 6.61 Å². The lowest BCUT2D eigenvalue weighted by Crippen LogP contribution is -2.20. The SMILES string of the molecule is CCCCCCCCC[C@H]1CC[C@H](COc2ccc([C@H]3CC[C@H](CCC)CC3)cc2C)CC1. The fraction of sp³-hybridized carbons (Fsp3) is 0.812. The summed E-state index contributed by atoms with van der Waals surface area (Å²) in [6, 6.07) is 7.07. The summed E-state index contributed by atoms with van der Waals surface area (Å²) in [5.41, 5.74) is 2.90. The molecule has 0 N–H and O–H groups in total. The highest BCUT2D eigenvalue weighted by atomic mass is 16.5. The van der Waals surface area contributed by atoms with Crippen molar-refractivity contribution in [1.82, 2.24) is 0 Å². The minimum Gasteiger partial charge on any atom is -0.493 e.